The summed E-state index contributed by atoms with van der Waals surface area (Å²) in [4.78, 5) is 25.4. The maximum absolute atomic E-state index is 11.9. The number of hydrogen-bond donors (Lipinski definition) is 3. The molecule has 3 N–H and O–H groups in total. The second-order valence-electron chi connectivity index (χ2n) is 6.97. The average Bonchev–Trinajstić information content (AvgIpc) is 3.12. The van der Waals surface area contributed by atoms with E-state index in [-0.39, 0.29) is 18.1 Å². The van der Waals surface area contributed by atoms with Gasteiger partial charge in [-0.3, -0.25) is 14.7 Å². The van der Waals surface area contributed by atoms with Crippen molar-refractivity contribution in [3.05, 3.63) is 63.3 Å². The number of nitrogens with zero attached hydrogens (tertiary/aromatic N) is 3. The van der Waals surface area contributed by atoms with Crippen LogP contribution in [-0.4, -0.2) is 69.4 Å². The summed E-state index contributed by atoms with van der Waals surface area (Å²) in [7, 11) is 0. The molecule has 2 heterocycles. The largest absolute Gasteiger partial charge is 0.394 e. The molecule has 8 heteroatoms. The van der Waals surface area contributed by atoms with E-state index in [9.17, 15) is 15.0 Å². The van der Waals surface area contributed by atoms with Crippen molar-refractivity contribution in [3.8, 4) is 0 Å². The Morgan fingerprint density at radius 1 is 1.29 bits per heavy atom. The molecule has 0 saturated carbocycles. The van der Waals surface area contributed by atoms with E-state index in [1.165, 1.54) is 11.9 Å². The third-order valence-corrected chi connectivity index (χ3v) is 5.62. The van der Waals surface area contributed by atoms with Gasteiger partial charge in [-0.25, -0.2) is 4.98 Å². The Kier molecular flexibility index (Phi) is 7.38. The Balaban J connectivity index is 1.87. The van der Waals surface area contributed by atoms with Crippen LogP contribution in [0.4, 0.5) is 0 Å². The number of aliphatic hydroxyl groups is 2. The van der Waals surface area contributed by atoms with Crippen LogP contribution in [0, 0.1) is 5.92 Å². The van der Waals surface area contributed by atoms with Crippen LogP contribution in [0.15, 0.2) is 46.4 Å². The lowest BCUT2D eigenvalue weighted by molar-refractivity contribution is 0.0405. The Hall–Kier alpha value is -2.00. The lowest BCUT2D eigenvalue weighted by atomic mass is 10.0. The van der Waals surface area contributed by atoms with Gasteiger partial charge in [0.25, 0.3) is 5.56 Å². The van der Waals surface area contributed by atoms with Gasteiger partial charge in [0.05, 0.1) is 30.9 Å². The van der Waals surface area contributed by atoms with Gasteiger partial charge in [-0.15, -0.1) is 0 Å². The first-order valence-electron chi connectivity index (χ1n) is 9.26. The molecule has 1 aromatic carbocycles. The molecule has 0 bridgehead atoms. The number of benzene rings is 1. The molecule has 150 valence electrons. The zero-order valence-electron chi connectivity index (χ0n) is 15.9. The molecule has 2 atom stereocenters. The van der Waals surface area contributed by atoms with Crippen LogP contribution in [0.2, 0.25) is 0 Å². The highest BCUT2D eigenvalue weighted by Crippen LogP contribution is 2.16. The SMILES string of the molecule is CSCC(CN(CC1=c2nc[nH]c(=O)c2=NC1)Cc1ccccc1)C(O)CO. The summed E-state index contributed by atoms with van der Waals surface area (Å²) in [5.41, 5.74) is 1.95. The molecule has 0 aliphatic carbocycles. The monoisotopic (exact) mass is 402 g/mol. The van der Waals surface area contributed by atoms with E-state index >= 15 is 0 Å². The molecule has 0 fully saturated rings. The first kappa shape index (κ1) is 20.7. The number of aromatic amines is 1. The predicted octanol–water partition coefficient (Wildman–Crippen LogP) is -0.612. The number of thioether (sulfide) groups is 1. The van der Waals surface area contributed by atoms with Crippen LogP contribution in [0.5, 0.6) is 0 Å². The fourth-order valence-electron chi connectivity index (χ4n) is 3.45. The van der Waals surface area contributed by atoms with Crippen molar-refractivity contribution >= 4 is 17.3 Å². The first-order chi connectivity index (χ1) is 13.6. The average molecular weight is 403 g/mol. The first-order valence-corrected chi connectivity index (χ1v) is 10.7. The number of nitrogens with one attached hydrogen (secondary N) is 1. The molecule has 0 spiro atoms. The van der Waals surface area contributed by atoms with E-state index in [2.05, 4.69) is 32.0 Å². The standard InChI is InChI=1S/C20H26N4O3S/c1-28-12-16(17(26)11-25)10-24(8-14-5-3-2-4-6-14)9-15-7-21-19-18(15)22-13-23-20(19)27/h2-6,13,16-17,25-26H,7-12H2,1H3,(H,22,23,27). The Labute approximate surface area is 167 Å². The van der Waals surface area contributed by atoms with Gasteiger partial charge in [-0.05, 0) is 23.1 Å². The van der Waals surface area contributed by atoms with Crippen molar-refractivity contribution in [2.24, 2.45) is 10.9 Å². The highest BCUT2D eigenvalue weighted by atomic mass is 32.2. The van der Waals surface area contributed by atoms with Gasteiger partial charge in [0.2, 0.25) is 0 Å². The maximum Gasteiger partial charge on any atom is 0.276 e. The topological polar surface area (TPSA) is 102 Å². The van der Waals surface area contributed by atoms with Crippen molar-refractivity contribution < 1.29 is 10.2 Å². The number of rotatable bonds is 10. The van der Waals surface area contributed by atoms with E-state index in [4.69, 9.17) is 0 Å². The van der Waals surface area contributed by atoms with Crippen LogP contribution in [-0.2, 0) is 6.54 Å². The minimum absolute atomic E-state index is 0.0609. The lowest BCUT2D eigenvalue weighted by Crippen LogP contribution is -2.43. The van der Waals surface area contributed by atoms with Crippen LogP contribution >= 0.6 is 11.8 Å². The number of aliphatic hydroxyl groups excluding tert-OH is 2. The smallest absolute Gasteiger partial charge is 0.276 e. The molecule has 2 unspecified atom stereocenters. The van der Waals surface area contributed by atoms with Crippen molar-refractivity contribution in [1.29, 1.82) is 0 Å². The molecule has 28 heavy (non-hydrogen) atoms. The molecule has 1 aromatic heterocycles. The molecule has 7 nitrogen and oxygen atoms in total. The Bertz CT molecular complexity index is 948. The van der Waals surface area contributed by atoms with Gasteiger partial charge in [0.15, 0.2) is 0 Å². The predicted molar refractivity (Wildman–Crippen MR) is 111 cm³/mol. The summed E-state index contributed by atoms with van der Waals surface area (Å²) in [6.45, 7) is 2.13. The molecular weight excluding hydrogens is 376 g/mol. The van der Waals surface area contributed by atoms with Crippen LogP contribution in [0.3, 0.4) is 0 Å². The summed E-state index contributed by atoms with van der Waals surface area (Å²) in [5, 5.41) is 20.7. The Morgan fingerprint density at radius 2 is 2.07 bits per heavy atom. The molecule has 0 saturated heterocycles. The van der Waals surface area contributed by atoms with E-state index in [1.807, 2.05) is 24.5 Å². The molecule has 0 amide bonds. The highest BCUT2D eigenvalue weighted by Gasteiger charge is 2.23. The normalized spacial score (nSPS) is 15.4. The summed E-state index contributed by atoms with van der Waals surface area (Å²) < 4.78 is 0. The quantitative estimate of drug-likeness (QED) is 0.490. The summed E-state index contributed by atoms with van der Waals surface area (Å²) >= 11 is 1.65. The third kappa shape index (κ3) is 5.08. The van der Waals surface area contributed by atoms with Crippen LogP contribution in [0.25, 0.3) is 5.57 Å². The van der Waals surface area contributed by atoms with Gasteiger partial charge in [0, 0.05) is 25.6 Å². The minimum Gasteiger partial charge on any atom is -0.394 e. The molecule has 1 aliphatic rings. The maximum atomic E-state index is 11.9. The molecular formula is C20H26N4O3S. The van der Waals surface area contributed by atoms with Crippen molar-refractivity contribution in [2.45, 2.75) is 12.6 Å². The van der Waals surface area contributed by atoms with Crippen molar-refractivity contribution in [2.75, 3.05) is 38.2 Å². The lowest BCUT2D eigenvalue weighted by Gasteiger charge is -2.30. The van der Waals surface area contributed by atoms with E-state index < -0.39 is 6.10 Å². The third-order valence-electron chi connectivity index (χ3n) is 4.86. The minimum atomic E-state index is -0.766. The fraction of sp³-hybridized carbons (Fsp3) is 0.450. The number of H-pyrrole nitrogens is 1. The van der Waals surface area contributed by atoms with Gasteiger partial charge in [-0.2, -0.15) is 11.8 Å². The number of fused-ring (bicyclic) bond motifs is 1. The fourth-order valence-corrected chi connectivity index (χ4v) is 4.20. The number of aromatic nitrogens is 2. The second kappa shape index (κ2) is 9.97. The van der Waals surface area contributed by atoms with Crippen molar-refractivity contribution in [1.82, 2.24) is 14.9 Å². The van der Waals surface area contributed by atoms with E-state index in [0.717, 1.165) is 11.3 Å². The summed E-state index contributed by atoms with van der Waals surface area (Å²) in [5.74, 6) is 0.690. The molecule has 3 rings (SSSR count). The second-order valence-corrected chi connectivity index (χ2v) is 7.88. The zero-order chi connectivity index (χ0) is 19.9. The van der Waals surface area contributed by atoms with E-state index in [0.29, 0.717) is 36.9 Å². The van der Waals surface area contributed by atoms with E-state index in [1.54, 1.807) is 11.8 Å². The van der Waals surface area contributed by atoms with Gasteiger partial charge in [-0.1, -0.05) is 30.3 Å². The van der Waals surface area contributed by atoms with Crippen LogP contribution in [0.1, 0.15) is 5.56 Å². The molecule has 0 radical (unpaired) electrons. The summed E-state index contributed by atoms with van der Waals surface area (Å²) in [6.07, 6.45) is 2.64. The van der Waals surface area contributed by atoms with Crippen LogP contribution < -0.4 is 16.3 Å². The Morgan fingerprint density at radius 3 is 2.79 bits per heavy atom. The van der Waals surface area contributed by atoms with Gasteiger partial charge < -0.3 is 15.2 Å². The zero-order valence-corrected chi connectivity index (χ0v) is 16.7. The number of hydrogen-bond acceptors (Lipinski definition) is 7. The van der Waals surface area contributed by atoms with Gasteiger partial charge in [0.1, 0.15) is 5.36 Å². The van der Waals surface area contributed by atoms with Gasteiger partial charge >= 0.3 is 0 Å². The molecule has 1 aliphatic heterocycles. The summed E-state index contributed by atoms with van der Waals surface area (Å²) in [6, 6.07) is 10.1. The highest BCUT2D eigenvalue weighted by molar-refractivity contribution is 7.98. The molecule has 2 aromatic rings. The van der Waals surface area contributed by atoms with Crippen molar-refractivity contribution in [3.63, 3.8) is 0 Å².